The molecule has 0 saturated carbocycles. The molecule has 27 heavy (non-hydrogen) atoms. The maximum Gasteiger partial charge on any atom is 0.331 e. The normalized spacial score (nSPS) is 12.2. The molecule has 0 fully saturated rings. The van der Waals surface area contributed by atoms with Gasteiger partial charge in [-0.3, -0.25) is 4.79 Å². The molecule has 0 unspecified atom stereocenters. The van der Waals surface area contributed by atoms with Gasteiger partial charge >= 0.3 is 5.97 Å². The number of nitrogens with one attached hydrogen (secondary N) is 1. The maximum atomic E-state index is 12.1. The topological polar surface area (TPSA) is 55.4 Å². The SMILES string of the molecule is Cc1ccc(/C=C/C(=O)OCC(=O)N[C@@H](C)c2cccc3ccccc23)s1. The van der Waals surface area contributed by atoms with E-state index in [2.05, 4.69) is 5.32 Å². The van der Waals surface area contributed by atoms with Crippen LogP contribution in [0.2, 0.25) is 0 Å². The van der Waals surface area contributed by atoms with Crippen molar-refractivity contribution >= 4 is 40.1 Å². The van der Waals surface area contributed by atoms with Crippen molar-refractivity contribution in [1.82, 2.24) is 5.32 Å². The molecule has 1 amide bonds. The summed E-state index contributed by atoms with van der Waals surface area (Å²) in [4.78, 5) is 26.1. The summed E-state index contributed by atoms with van der Waals surface area (Å²) in [5, 5.41) is 5.10. The number of fused-ring (bicyclic) bond motifs is 1. The molecular formula is C22H21NO3S. The summed E-state index contributed by atoms with van der Waals surface area (Å²) in [7, 11) is 0. The number of rotatable bonds is 6. The molecule has 0 aliphatic rings. The zero-order chi connectivity index (χ0) is 19.2. The fraction of sp³-hybridized carbons (Fsp3) is 0.182. The number of esters is 1. The summed E-state index contributed by atoms with van der Waals surface area (Å²) in [6, 6.07) is 17.8. The lowest BCUT2D eigenvalue weighted by atomic mass is 10.00. The van der Waals surface area contributed by atoms with Crippen LogP contribution in [0.25, 0.3) is 16.8 Å². The van der Waals surface area contributed by atoms with Gasteiger partial charge in [0, 0.05) is 15.8 Å². The van der Waals surface area contributed by atoms with Crippen molar-refractivity contribution in [3.63, 3.8) is 0 Å². The standard InChI is InChI=1S/C22H21NO3S/c1-15-10-11-18(27-15)12-13-22(25)26-14-21(24)23-16(2)19-9-5-7-17-6-3-4-8-20(17)19/h3-13,16H,14H2,1-2H3,(H,23,24)/b13-12+/t16-/m0/s1. The van der Waals surface area contributed by atoms with Crippen LogP contribution in [-0.4, -0.2) is 18.5 Å². The number of carbonyl (C=O) groups excluding carboxylic acids is 2. The maximum absolute atomic E-state index is 12.1. The van der Waals surface area contributed by atoms with Crippen LogP contribution >= 0.6 is 11.3 Å². The van der Waals surface area contributed by atoms with Crippen molar-refractivity contribution in [2.75, 3.05) is 6.61 Å². The highest BCUT2D eigenvalue weighted by molar-refractivity contribution is 7.12. The fourth-order valence-corrected chi connectivity index (χ4v) is 3.65. The highest BCUT2D eigenvalue weighted by Gasteiger charge is 2.13. The van der Waals surface area contributed by atoms with E-state index in [1.807, 2.05) is 68.4 Å². The largest absolute Gasteiger partial charge is 0.452 e. The van der Waals surface area contributed by atoms with Crippen LogP contribution in [0.5, 0.6) is 0 Å². The lowest BCUT2D eigenvalue weighted by Crippen LogP contribution is -2.31. The Morgan fingerprint density at radius 3 is 2.67 bits per heavy atom. The predicted octanol–water partition coefficient (Wildman–Crippen LogP) is 4.64. The Hall–Kier alpha value is -2.92. The van der Waals surface area contributed by atoms with E-state index < -0.39 is 5.97 Å². The number of carbonyl (C=O) groups is 2. The van der Waals surface area contributed by atoms with Crippen LogP contribution in [0.15, 0.2) is 60.7 Å². The smallest absolute Gasteiger partial charge is 0.331 e. The second kappa shape index (κ2) is 8.64. The molecule has 1 atom stereocenters. The van der Waals surface area contributed by atoms with Gasteiger partial charge in [0.05, 0.1) is 6.04 Å². The van der Waals surface area contributed by atoms with Crippen LogP contribution in [0.3, 0.4) is 0 Å². The molecule has 0 spiro atoms. The summed E-state index contributed by atoms with van der Waals surface area (Å²) in [5.74, 6) is -0.863. The quantitative estimate of drug-likeness (QED) is 0.501. The average molecular weight is 379 g/mol. The first-order chi connectivity index (χ1) is 13.0. The van der Waals surface area contributed by atoms with Crippen molar-refractivity contribution < 1.29 is 14.3 Å². The number of hydrogen-bond acceptors (Lipinski definition) is 4. The zero-order valence-corrected chi connectivity index (χ0v) is 16.1. The van der Waals surface area contributed by atoms with Gasteiger partial charge in [-0.1, -0.05) is 42.5 Å². The van der Waals surface area contributed by atoms with Gasteiger partial charge in [0.1, 0.15) is 0 Å². The summed E-state index contributed by atoms with van der Waals surface area (Å²) in [5.41, 5.74) is 1.03. The van der Waals surface area contributed by atoms with Crippen LogP contribution in [0, 0.1) is 6.92 Å². The van der Waals surface area contributed by atoms with E-state index in [4.69, 9.17) is 4.74 Å². The number of ether oxygens (including phenoxy) is 1. The minimum atomic E-state index is -0.533. The van der Waals surface area contributed by atoms with Crippen molar-refractivity contribution in [3.05, 3.63) is 76.0 Å². The molecule has 3 rings (SSSR count). The predicted molar refractivity (Wildman–Crippen MR) is 110 cm³/mol. The van der Waals surface area contributed by atoms with Crippen LogP contribution in [0.4, 0.5) is 0 Å². The van der Waals surface area contributed by atoms with Crippen molar-refractivity contribution in [3.8, 4) is 0 Å². The highest BCUT2D eigenvalue weighted by Crippen LogP contribution is 2.24. The van der Waals surface area contributed by atoms with E-state index in [1.165, 1.54) is 11.0 Å². The third-order valence-corrected chi connectivity index (χ3v) is 5.12. The zero-order valence-electron chi connectivity index (χ0n) is 15.3. The fourth-order valence-electron chi connectivity index (χ4n) is 2.87. The summed E-state index contributed by atoms with van der Waals surface area (Å²) in [6.07, 6.45) is 3.03. The molecule has 138 valence electrons. The summed E-state index contributed by atoms with van der Waals surface area (Å²) in [6.45, 7) is 3.62. The van der Waals surface area contributed by atoms with Crippen molar-refractivity contribution in [1.29, 1.82) is 0 Å². The molecule has 1 N–H and O–H groups in total. The van der Waals surface area contributed by atoms with E-state index in [9.17, 15) is 9.59 Å². The number of benzene rings is 2. The number of hydrogen-bond donors (Lipinski definition) is 1. The Bertz CT molecular complexity index is 985. The van der Waals surface area contributed by atoms with Gasteiger partial charge in [0.2, 0.25) is 0 Å². The molecule has 0 radical (unpaired) electrons. The first-order valence-corrected chi connectivity index (χ1v) is 9.53. The second-order valence-electron chi connectivity index (χ2n) is 6.25. The van der Waals surface area contributed by atoms with E-state index >= 15 is 0 Å². The molecule has 0 saturated heterocycles. The number of thiophene rings is 1. The first kappa shape index (κ1) is 18.9. The first-order valence-electron chi connectivity index (χ1n) is 8.71. The van der Waals surface area contributed by atoms with E-state index in [0.29, 0.717) is 0 Å². The Kier molecular flexibility index (Phi) is 6.04. The van der Waals surface area contributed by atoms with Gasteiger partial charge < -0.3 is 10.1 Å². The molecule has 2 aromatic carbocycles. The molecule has 4 nitrogen and oxygen atoms in total. The molecule has 1 aromatic heterocycles. The van der Waals surface area contributed by atoms with Gasteiger partial charge in [-0.2, -0.15) is 0 Å². The highest BCUT2D eigenvalue weighted by atomic mass is 32.1. The van der Waals surface area contributed by atoms with Gasteiger partial charge in [-0.05, 0) is 48.4 Å². The summed E-state index contributed by atoms with van der Waals surface area (Å²) < 4.78 is 5.02. The van der Waals surface area contributed by atoms with Gasteiger partial charge in [0.25, 0.3) is 5.91 Å². The van der Waals surface area contributed by atoms with Gasteiger partial charge in [-0.25, -0.2) is 4.79 Å². The molecule has 3 aromatic rings. The van der Waals surface area contributed by atoms with Gasteiger partial charge in [-0.15, -0.1) is 11.3 Å². The van der Waals surface area contributed by atoms with Crippen LogP contribution in [-0.2, 0) is 14.3 Å². The van der Waals surface area contributed by atoms with Crippen LogP contribution < -0.4 is 5.32 Å². The minimum Gasteiger partial charge on any atom is -0.452 e. The molecule has 0 bridgehead atoms. The third-order valence-electron chi connectivity index (χ3n) is 4.16. The Morgan fingerprint density at radius 2 is 1.89 bits per heavy atom. The minimum absolute atomic E-state index is 0.188. The number of aryl methyl sites for hydroxylation is 1. The van der Waals surface area contributed by atoms with E-state index in [0.717, 1.165) is 21.2 Å². The monoisotopic (exact) mass is 379 g/mol. The lowest BCUT2D eigenvalue weighted by molar-refractivity contribution is -0.144. The van der Waals surface area contributed by atoms with Crippen molar-refractivity contribution in [2.45, 2.75) is 19.9 Å². The molecular weight excluding hydrogens is 358 g/mol. The second-order valence-corrected chi connectivity index (χ2v) is 7.57. The molecule has 5 heteroatoms. The van der Waals surface area contributed by atoms with Crippen LogP contribution in [0.1, 0.15) is 28.3 Å². The Balaban J connectivity index is 1.54. The van der Waals surface area contributed by atoms with Gasteiger partial charge in [0.15, 0.2) is 6.61 Å². The number of amides is 1. The Labute approximate surface area is 162 Å². The average Bonchev–Trinajstić information content (AvgIpc) is 3.09. The molecule has 0 aliphatic heterocycles. The lowest BCUT2D eigenvalue weighted by Gasteiger charge is -2.16. The summed E-state index contributed by atoms with van der Waals surface area (Å²) >= 11 is 1.59. The Morgan fingerprint density at radius 1 is 1.11 bits per heavy atom. The molecule has 0 aliphatic carbocycles. The van der Waals surface area contributed by atoms with E-state index in [-0.39, 0.29) is 18.6 Å². The van der Waals surface area contributed by atoms with E-state index in [1.54, 1.807) is 17.4 Å². The third kappa shape index (κ3) is 5.05. The van der Waals surface area contributed by atoms with Crippen molar-refractivity contribution in [2.24, 2.45) is 0 Å². The molecule has 1 heterocycles.